The fourth-order valence-electron chi connectivity index (χ4n) is 2.36. The van der Waals surface area contributed by atoms with Gasteiger partial charge in [-0.2, -0.15) is 0 Å². The molecule has 0 aromatic heterocycles. The molecule has 8 atom stereocenters. The van der Waals surface area contributed by atoms with Crippen molar-refractivity contribution in [1.29, 1.82) is 0 Å². The van der Waals surface area contributed by atoms with Crippen molar-refractivity contribution in [2.45, 2.75) is 48.7 Å². The first-order valence-corrected chi connectivity index (χ1v) is 6.45. The first kappa shape index (κ1) is 17.0. The van der Waals surface area contributed by atoms with E-state index in [1.165, 1.54) is 0 Å². The van der Waals surface area contributed by atoms with Crippen molar-refractivity contribution < 1.29 is 50.0 Å². The predicted molar refractivity (Wildman–Crippen MR) is 62.6 cm³/mol. The highest BCUT2D eigenvalue weighted by Gasteiger charge is 2.56. The van der Waals surface area contributed by atoms with Gasteiger partial charge in [-0.3, -0.25) is 0 Å². The molecule has 0 amide bonds. The average molecular weight is 312 g/mol. The highest BCUT2D eigenvalue weighted by Crippen LogP contribution is 2.33. The van der Waals surface area contributed by atoms with E-state index in [1.807, 2.05) is 0 Å². The molecule has 10 nitrogen and oxygen atoms in total. The highest BCUT2D eigenvalue weighted by atomic mass is 16.7. The Morgan fingerprint density at radius 2 is 1.71 bits per heavy atom. The fraction of sp³-hybridized carbons (Fsp3) is 1.00. The number of rotatable bonds is 4. The number of hydrogen-bond donors (Lipinski definition) is 7. The van der Waals surface area contributed by atoms with Crippen molar-refractivity contribution in [3.63, 3.8) is 0 Å². The Bertz CT molecular complexity index is 354. The van der Waals surface area contributed by atoms with Crippen LogP contribution in [0.1, 0.15) is 0 Å². The molecule has 0 spiro atoms. The Morgan fingerprint density at radius 1 is 1.05 bits per heavy atom. The van der Waals surface area contributed by atoms with Crippen LogP contribution >= 0.6 is 0 Å². The Morgan fingerprint density at radius 3 is 2.29 bits per heavy atom. The van der Waals surface area contributed by atoms with Crippen molar-refractivity contribution in [2.75, 3.05) is 19.8 Å². The number of hydrogen-bond acceptors (Lipinski definition) is 10. The summed E-state index contributed by atoms with van der Waals surface area (Å²) < 4.78 is 15.1. The van der Waals surface area contributed by atoms with Crippen molar-refractivity contribution in [1.82, 2.24) is 0 Å². The van der Waals surface area contributed by atoms with Gasteiger partial charge in [-0.25, -0.2) is 0 Å². The average Bonchev–Trinajstić information content (AvgIpc) is 2.72. The quantitative estimate of drug-likeness (QED) is 0.267. The Hall–Kier alpha value is -0.400. The minimum atomic E-state index is -2.29. The van der Waals surface area contributed by atoms with Crippen LogP contribution in [0.2, 0.25) is 0 Å². The van der Waals surface area contributed by atoms with Gasteiger partial charge in [0.2, 0.25) is 5.79 Å². The summed E-state index contributed by atoms with van der Waals surface area (Å²) in [6.45, 7) is -1.88. The summed E-state index contributed by atoms with van der Waals surface area (Å²) >= 11 is 0. The van der Waals surface area contributed by atoms with Gasteiger partial charge in [-0.05, 0) is 0 Å². The summed E-state index contributed by atoms with van der Waals surface area (Å²) in [6, 6.07) is 0. The molecule has 0 aromatic rings. The largest absolute Gasteiger partial charge is 0.394 e. The summed E-state index contributed by atoms with van der Waals surface area (Å²) in [5, 5.41) is 66.8. The lowest BCUT2D eigenvalue weighted by Crippen LogP contribution is -2.58. The molecule has 0 saturated carbocycles. The van der Waals surface area contributed by atoms with Crippen LogP contribution in [-0.4, -0.2) is 104 Å². The van der Waals surface area contributed by atoms with Gasteiger partial charge in [0, 0.05) is 0 Å². The molecule has 0 aromatic carbocycles. The molecule has 2 fully saturated rings. The molecule has 2 heterocycles. The van der Waals surface area contributed by atoms with Gasteiger partial charge in [-0.1, -0.05) is 0 Å². The SMILES string of the molecule is OC[C@H]1OC(O)(CO)[C@@H](O[C@H]2OC[C@@H](O)[C@H](O)[C@H]2O)[C@@H]1O. The molecule has 2 rings (SSSR count). The topological polar surface area (TPSA) is 169 Å². The molecule has 0 bridgehead atoms. The zero-order valence-corrected chi connectivity index (χ0v) is 11.0. The van der Waals surface area contributed by atoms with Crippen molar-refractivity contribution in [2.24, 2.45) is 0 Å². The molecule has 1 unspecified atom stereocenters. The number of aliphatic hydroxyl groups is 7. The zero-order chi connectivity index (χ0) is 15.8. The molecule has 2 aliphatic rings. The van der Waals surface area contributed by atoms with Crippen molar-refractivity contribution in [3.8, 4) is 0 Å². The molecule has 2 aliphatic heterocycles. The summed E-state index contributed by atoms with van der Waals surface area (Å²) in [5.74, 6) is -2.29. The van der Waals surface area contributed by atoms with Gasteiger partial charge in [0.05, 0.1) is 19.8 Å². The van der Waals surface area contributed by atoms with Crippen LogP contribution in [0.5, 0.6) is 0 Å². The molecule has 21 heavy (non-hydrogen) atoms. The molecule has 10 heteroatoms. The van der Waals surface area contributed by atoms with Gasteiger partial charge < -0.3 is 50.0 Å². The summed E-state index contributed by atoms with van der Waals surface area (Å²) in [7, 11) is 0. The van der Waals surface area contributed by atoms with Crippen molar-refractivity contribution >= 4 is 0 Å². The van der Waals surface area contributed by atoms with Gasteiger partial charge in [0.25, 0.3) is 0 Å². The maximum atomic E-state index is 10.0. The fourth-order valence-corrected chi connectivity index (χ4v) is 2.36. The van der Waals surface area contributed by atoms with Crippen LogP contribution in [-0.2, 0) is 14.2 Å². The van der Waals surface area contributed by atoms with Gasteiger partial charge in [-0.15, -0.1) is 0 Å². The van der Waals surface area contributed by atoms with Crippen LogP contribution in [0.4, 0.5) is 0 Å². The van der Waals surface area contributed by atoms with E-state index in [-0.39, 0.29) is 6.61 Å². The highest BCUT2D eigenvalue weighted by molar-refractivity contribution is 4.97. The first-order chi connectivity index (χ1) is 9.84. The van der Waals surface area contributed by atoms with Crippen LogP contribution in [0.3, 0.4) is 0 Å². The molecule has 2 saturated heterocycles. The third kappa shape index (κ3) is 3.05. The summed E-state index contributed by atoms with van der Waals surface area (Å²) in [5.41, 5.74) is 0. The Kier molecular flexibility index (Phi) is 5.15. The van der Waals surface area contributed by atoms with Gasteiger partial charge in [0.15, 0.2) is 6.29 Å². The molecule has 124 valence electrons. The molecular formula is C11H20O10. The summed E-state index contributed by atoms with van der Waals surface area (Å²) in [4.78, 5) is 0. The number of ether oxygens (including phenoxy) is 3. The monoisotopic (exact) mass is 312 g/mol. The van der Waals surface area contributed by atoms with Crippen LogP contribution in [0.15, 0.2) is 0 Å². The van der Waals surface area contributed by atoms with Gasteiger partial charge in [0.1, 0.15) is 36.6 Å². The first-order valence-electron chi connectivity index (χ1n) is 6.45. The minimum Gasteiger partial charge on any atom is -0.394 e. The second kappa shape index (κ2) is 6.38. The predicted octanol–water partition coefficient (Wildman–Crippen LogP) is -4.76. The van der Waals surface area contributed by atoms with Gasteiger partial charge >= 0.3 is 0 Å². The van der Waals surface area contributed by atoms with E-state index in [0.717, 1.165) is 0 Å². The van der Waals surface area contributed by atoms with E-state index >= 15 is 0 Å². The van der Waals surface area contributed by atoms with E-state index in [2.05, 4.69) is 0 Å². The van der Waals surface area contributed by atoms with E-state index in [4.69, 9.17) is 19.3 Å². The van der Waals surface area contributed by atoms with Crippen LogP contribution in [0, 0.1) is 0 Å². The maximum Gasteiger partial charge on any atom is 0.219 e. The van der Waals surface area contributed by atoms with Crippen LogP contribution < -0.4 is 0 Å². The van der Waals surface area contributed by atoms with E-state index < -0.39 is 61.9 Å². The maximum absolute atomic E-state index is 10.0. The smallest absolute Gasteiger partial charge is 0.219 e. The minimum absolute atomic E-state index is 0.326. The second-order valence-corrected chi connectivity index (χ2v) is 5.14. The normalized spacial score (nSPS) is 51.3. The van der Waals surface area contributed by atoms with Crippen LogP contribution in [0.25, 0.3) is 0 Å². The third-order valence-corrected chi connectivity index (χ3v) is 3.63. The van der Waals surface area contributed by atoms with E-state index in [0.29, 0.717) is 0 Å². The third-order valence-electron chi connectivity index (χ3n) is 3.63. The lowest BCUT2D eigenvalue weighted by atomic mass is 10.0. The molecular weight excluding hydrogens is 292 g/mol. The summed E-state index contributed by atoms with van der Waals surface area (Å²) in [6.07, 6.45) is -10.1. The molecule has 7 N–H and O–H groups in total. The second-order valence-electron chi connectivity index (χ2n) is 5.14. The van der Waals surface area contributed by atoms with Crippen molar-refractivity contribution in [3.05, 3.63) is 0 Å². The molecule has 0 aliphatic carbocycles. The molecule has 0 radical (unpaired) electrons. The Balaban J connectivity index is 2.09. The number of aliphatic hydroxyl groups excluding tert-OH is 6. The lowest BCUT2D eigenvalue weighted by molar-refractivity contribution is -0.325. The van der Waals surface area contributed by atoms with E-state index in [9.17, 15) is 30.6 Å². The Labute approximate surface area is 119 Å². The standard InChI is InChI=1S/C11H20O10/c12-1-5-7(16)9(11(18,3-13)21-5)20-10-8(17)6(15)4(14)2-19-10/h4-10,12-18H,1-3H2/t4-,5-,6+,7-,8-,9+,10-,11?/m1/s1. The van der Waals surface area contributed by atoms with E-state index in [1.54, 1.807) is 0 Å². The lowest BCUT2D eigenvalue weighted by Gasteiger charge is -2.38. The zero-order valence-electron chi connectivity index (χ0n) is 11.0.